The van der Waals surface area contributed by atoms with Crippen LogP contribution in [0.15, 0.2) is 30.3 Å². The zero-order chi connectivity index (χ0) is 13.2. The molecule has 0 unspecified atom stereocenters. The third-order valence-corrected chi connectivity index (χ3v) is 3.04. The van der Waals surface area contributed by atoms with Gasteiger partial charge in [-0.05, 0) is 12.8 Å². The van der Waals surface area contributed by atoms with Gasteiger partial charge in [-0.3, -0.25) is 9.59 Å². The molecule has 0 saturated carbocycles. The van der Waals surface area contributed by atoms with Crippen molar-refractivity contribution in [2.75, 3.05) is 11.9 Å². The van der Waals surface area contributed by atoms with Crippen molar-refractivity contribution in [3.05, 3.63) is 35.9 Å². The Morgan fingerprint density at radius 3 is 2.44 bits per heavy atom. The number of benzene rings is 1. The van der Waals surface area contributed by atoms with Crippen LogP contribution in [0.1, 0.15) is 36.0 Å². The second-order valence-corrected chi connectivity index (χ2v) is 4.74. The molecule has 0 atom stereocenters. The third-order valence-electron chi connectivity index (χ3n) is 2.47. The molecule has 0 saturated heterocycles. The molecule has 0 aliphatic carbocycles. The molecule has 0 amide bonds. The van der Waals surface area contributed by atoms with Crippen LogP contribution >= 0.6 is 15.9 Å². The number of ether oxygens (including phenoxy) is 1. The van der Waals surface area contributed by atoms with E-state index >= 15 is 0 Å². The molecule has 0 heterocycles. The first-order chi connectivity index (χ1) is 8.74. The number of alkyl halides is 1. The maximum Gasteiger partial charge on any atom is 0.306 e. The van der Waals surface area contributed by atoms with Crippen LogP contribution in [0.2, 0.25) is 0 Å². The molecule has 0 aliphatic rings. The summed E-state index contributed by atoms with van der Waals surface area (Å²) in [5, 5.41) is 0.953. The summed E-state index contributed by atoms with van der Waals surface area (Å²) >= 11 is 3.33. The second kappa shape index (κ2) is 8.86. The molecule has 18 heavy (non-hydrogen) atoms. The van der Waals surface area contributed by atoms with Gasteiger partial charge in [0.2, 0.25) is 0 Å². The molecule has 1 aromatic rings. The first-order valence-corrected chi connectivity index (χ1v) is 7.16. The van der Waals surface area contributed by atoms with E-state index in [1.807, 2.05) is 6.07 Å². The van der Waals surface area contributed by atoms with Crippen LogP contribution in [0, 0.1) is 0 Å². The van der Waals surface area contributed by atoms with Crippen LogP contribution in [0.25, 0.3) is 0 Å². The molecule has 0 aliphatic heterocycles. The normalized spacial score (nSPS) is 10.1. The summed E-state index contributed by atoms with van der Waals surface area (Å²) in [6, 6.07) is 8.84. The highest BCUT2D eigenvalue weighted by molar-refractivity contribution is 9.09. The van der Waals surface area contributed by atoms with Crippen molar-refractivity contribution in [1.82, 2.24) is 0 Å². The summed E-state index contributed by atoms with van der Waals surface area (Å²) in [5.41, 5.74) is 0.574. The molecule has 1 aromatic carbocycles. The highest BCUT2D eigenvalue weighted by Crippen LogP contribution is 2.04. The maximum atomic E-state index is 11.6. The zero-order valence-corrected chi connectivity index (χ0v) is 11.8. The van der Waals surface area contributed by atoms with Gasteiger partial charge in [-0.1, -0.05) is 52.7 Å². The van der Waals surface area contributed by atoms with E-state index in [9.17, 15) is 9.59 Å². The first-order valence-electron chi connectivity index (χ1n) is 6.04. The van der Waals surface area contributed by atoms with E-state index < -0.39 is 0 Å². The Morgan fingerprint density at radius 2 is 1.78 bits per heavy atom. The molecule has 0 fully saturated rings. The number of carbonyl (C=O) groups is 2. The number of halogens is 1. The Bertz CT molecular complexity index is 376. The summed E-state index contributed by atoms with van der Waals surface area (Å²) in [6.45, 7) is -0.165. The lowest BCUT2D eigenvalue weighted by Crippen LogP contribution is -2.13. The van der Waals surface area contributed by atoms with E-state index in [0.29, 0.717) is 12.0 Å². The van der Waals surface area contributed by atoms with Gasteiger partial charge in [0.1, 0.15) is 0 Å². The fraction of sp³-hybridized carbons (Fsp3) is 0.429. The molecule has 0 radical (unpaired) electrons. The minimum absolute atomic E-state index is 0.163. The predicted octanol–water partition coefficient (Wildman–Crippen LogP) is 3.37. The third kappa shape index (κ3) is 5.96. The van der Waals surface area contributed by atoms with Gasteiger partial charge in [0.15, 0.2) is 12.4 Å². The van der Waals surface area contributed by atoms with Gasteiger partial charge in [0.25, 0.3) is 0 Å². The van der Waals surface area contributed by atoms with E-state index in [-0.39, 0.29) is 18.4 Å². The van der Waals surface area contributed by atoms with E-state index in [2.05, 4.69) is 15.9 Å². The minimum atomic E-state index is -0.297. The van der Waals surface area contributed by atoms with E-state index in [0.717, 1.165) is 24.6 Å². The van der Waals surface area contributed by atoms with E-state index in [1.165, 1.54) is 0 Å². The SMILES string of the molecule is O=C(CCCCCBr)OCC(=O)c1ccccc1. The van der Waals surface area contributed by atoms with Crippen LogP contribution in [0.3, 0.4) is 0 Å². The quantitative estimate of drug-likeness (QED) is 0.320. The smallest absolute Gasteiger partial charge is 0.306 e. The summed E-state index contributed by atoms with van der Waals surface area (Å²) in [4.78, 5) is 23.0. The lowest BCUT2D eigenvalue weighted by molar-refractivity contribution is -0.142. The van der Waals surface area contributed by atoms with Gasteiger partial charge < -0.3 is 4.74 Å². The van der Waals surface area contributed by atoms with Gasteiger partial charge in [-0.2, -0.15) is 0 Å². The largest absolute Gasteiger partial charge is 0.457 e. The molecule has 0 bridgehead atoms. The molecule has 4 heteroatoms. The molecular formula is C14H17BrO3. The summed E-state index contributed by atoms with van der Waals surface area (Å²) in [6.07, 6.45) is 3.24. The van der Waals surface area contributed by atoms with Crippen LogP contribution in [-0.4, -0.2) is 23.7 Å². The van der Waals surface area contributed by atoms with E-state index in [4.69, 9.17) is 4.74 Å². The molecule has 0 aromatic heterocycles. The van der Waals surface area contributed by atoms with Crippen molar-refractivity contribution in [3.63, 3.8) is 0 Å². The number of hydrogen-bond acceptors (Lipinski definition) is 3. The Morgan fingerprint density at radius 1 is 1.06 bits per heavy atom. The number of carbonyl (C=O) groups excluding carboxylic acids is 2. The molecule has 0 spiro atoms. The van der Waals surface area contributed by atoms with Crippen LogP contribution < -0.4 is 0 Å². The van der Waals surface area contributed by atoms with Crippen LogP contribution in [-0.2, 0) is 9.53 Å². The topological polar surface area (TPSA) is 43.4 Å². The molecular weight excluding hydrogens is 296 g/mol. The molecule has 0 N–H and O–H groups in total. The Hall–Kier alpha value is -1.16. The fourth-order valence-corrected chi connectivity index (χ4v) is 1.86. The number of Topliss-reactive ketones (excluding diaryl/α,β-unsaturated/α-hetero) is 1. The molecule has 3 nitrogen and oxygen atoms in total. The number of ketones is 1. The van der Waals surface area contributed by atoms with Crippen molar-refractivity contribution >= 4 is 27.7 Å². The van der Waals surface area contributed by atoms with Gasteiger partial charge in [0, 0.05) is 17.3 Å². The second-order valence-electron chi connectivity index (χ2n) is 3.95. The lowest BCUT2D eigenvalue weighted by Gasteiger charge is -2.04. The predicted molar refractivity (Wildman–Crippen MR) is 74.0 cm³/mol. The first kappa shape index (κ1) is 14.9. The average Bonchev–Trinajstić information content (AvgIpc) is 2.42. The minimum Gasteiger partial charge on any atom is -0.457 e. The van der Waals surface area contributed by atoms with Crippen LogP contribution in [0.4, 0.5) is 0 Å². The monoisotopic (exact) mass is 312 g/mol. The fourth-order valence-electron chi connectivity index (χ4n) is 1.47. The van der Waals surface area contributed by atoms with Gasteiger partial charge in [-0.25, -0.2) is 0 Å². The van der Waals surface area contributed by atoms with Crippen molar-refractivity contribution in [2.24, 2.45) is 0 Å². The highest BCUT2D eigenvalue weighted by atomic mass is 79.9. The highest BCUT2D eigenvalue weighted by Gasteiger charge is 2.09. The summed E-state index contributed by atoms with van der Waals surface area (Å²) in [5.74, 6) is -0.460. The Balaban J connectivity index is 2.20. The number of rotatable bonds is 8. The number of hydrogen-bond donors (Lipinski definition) is 0. The van der Waals surface area contributed by atoms with E-state index in [1.54, 1.807) is 24.3 Å². The summed E-state index contributed by atoms with van der Waals surface area (Å²) < 4.78 is 4.94. The maximum absolute atomic E-state index is 11.6. The van der Waals surface area contributed by atoms with Crippen molar-refractivity contribution < 1.29 is 14.3 Å². The molecule has 1 rings (SSSR count). The zero-order valence-electron chi connectivity index (χ0n) is 10.2. The van der Waals surface area contributed by atoms with Gasteiger partial charge in [-0.15, -0.1) is 0 Å². The number of esters is 1. The summed E-state index contributed by atoms with van der Waals surface area (Å²) in [7, 11) is 0. The Labute approximate surface area is 116 Å². The average molecular weight is 313 g/mol. The van der Waals surface area contributed by atoms with Crippen molar-refractivity contribution in [3.8, 4) is 0 Å². The standard InChI is InChI=1S/C14H17BrO3/c15-10-6-2-5-9-14(17)18-11-13(16)12-7-3-1-4-8-12/h1,3-4,7-8H,2,5-6,9-11H2. The van der Waals surface area contributed by atoms with Gasteiger partial charge >= 0.3 is 5.97 Å². The number of unbranched alkanes of at least 4 members (excludes halogenated alkanes) is 2. The lowest BCUT2D eigenvalue weighted by atomic mass is 10.1. The Kier molecular flexibility index (Phi) is 7.34. The van der Waals surface area contributed by atoms with Crippen molar-refractivity contribution in [1.29, 1.82) is 0 Å². The van der Waals surface area contributed by atoms with Crippen molar-refractivity contribution in [2.45, 2.75) is 25.7 Å². The van der Waals surface area contributed by atoms with Gasteiger partial charge in [0.05, 0.1) is 0 Å². The molecule has 98 valence electrons. The van der Waals surface area contributed by atoms with Crippen LogP contribution in [0.5, 0.6) is 0 Å².